The van der Waals surface area contributed by atoms with E-state index in [0.717, 1.165) is 5.57 Å². The van der Waals surface area contributed by atoms with Crippen LogP contribution in [-0.2, 0) is 0 Å². The van der Waals surface area contributed by atoms with Crippen molar-refractivity contribution >= 4 is 0 Å². The Morgan fingerprint density at radius 1 is 1.53 bits per heavy atom. The number of halogens is 1. The van der Waals surface area contributed by atoms with E-state index in [2.05, 4.69) is 6.58 Å². The van der Waals surface area contributed by atoms with Crippen molar-refractivity contribution in [1.82, 2.24) is 0 Å². The molecule has 0 saturated heterocycles. The predicted molar refractivity (Wildman–Crippen MR) is 62.3 cm³/mol. The van der Waals surface area contributed by atoms with E-state index in [1.165, 1.54) is 19.9 Å². The third-order valence-electron chi connectivity index (χ3n) is 2.21. The molecule has 86 valence electrons. The van der Waals surface area contributed by atoms with Crippen molar-refractivity contribution < 1.29 is 9.50 Å². The van der Waals surface area contributed by atoms with Crippen molar-refractivity contribution in [2.45, 2.75) is 32.5 Å². The minimum absolute atomic E-state index is 0.112. The van der Waals surface area contributed by atoms with E-state index in [4.69, 9.17) is 10.8 Å². The molecule has 15 heavy (non-hydrogen) atoms. The standard InChI is InChI=1S/C12H20FNO/c1-5-10(12(3,4)13)7-6-9(2)11(14)8-15/h5-7,11,15H,1,8,14H2,2-4H3/b9-6+,10-7+. The van der Waals surface area contributed by atoms with Crippen LogP contribution in [-0.4, -0.2) is 23.4 Å². The van der Waals surface area contributed by atoms with E-state index in [-0.39, 0.29) is 6.61 Å². The molecular formula is C12H20FNO. The highest BCUT2D eigenvalue weighted by Crippen LogP contribution is 2.21. The Labute approximate surface area is 91.0 Å². The first-order valence-electron chi connectivity index (χ1n) is 4.89. The van der Waals surface area contributed by atoms with Crippen LogP contribution in [0.1, 0.15) is 20.8 Å². The first-order chi connectivity index (χ1) is 6.82. The third kappa shape index (κ3) is 4.91. The molecule has 0 aromatic heterocycles. The quantitative estimate of drug-likeness (QED) is 0.687. The van der Waals surface area contributed by atoms with Crippen LogP contribution in [0, 0.1) is 0 Å². The van der Waals surface area contributed by atoms with Gasteiger partial charge in [0.05, 0.1) is 6.61 Å². The summed E-state index contributed by atoms with van der Waals surface area (Å²) in [5, 5.41) is 8.81. The van der Waals surface area contributed by atoms with Crippen molar-refractivity contribution in [3.63, 3.8) is 0 Å². The van der Waals surface area contributed by atoms with Gasteiger partial charge in [0.2, 0.25) is 0 Å². The van der Waals surface area contributed by atoms with Crippen LogP contribution >= 0.6 is 0 Å². The summed E-state index contributed by atoms with van der Waals surface area (Å²) >= 11 is 0. The van der Waals surface area contributed by atoms with E-state index >= 15 is 0 Å². The third-order valence-corrected chi connectivity index (χ3v) is 2.21. The van der Waals surface area contributed by atoms with Crippen LogP contribution in [0.4, 0.5) is 4.39 Å². The average Bonchev–Trinajstić information content (AvgIpc) is 2.15. The summed E-state index contributed by atoms with van der Waals surface area (Å²) in [4.78, 5) is 0. The molecule has 0 saturated carbocycles. The maximum atomic E-state index is 13.5. The summed E-state index contributed by atoms with van der Waals surface area (Å²) < 4.78 is 13.5. The Bertz CT molecular complexity index is 274. The molecule has 2 nitrogen and oxygen atoms in total. The monoisotopic (exact) mass is 213 g/mol. The largest absolute Gasteiger partial charge is 0.394 e. The first-order valence-corrected chi connectivity index (χ1v) is 4.89. The zero-order valence-corrected chi connectivity index (χ0v) is 9.63. The van der Waals surface area contributed by atoms with Crippen molar-refractivity contribution in [1.29, 1.82) is 0 Å². The zero-order valence-electron chi connectivity index (χ0n) is 9.63. The van der Waals surface area contributed by atoms with Crippen LogP contribution in [0.5, 0.6) is 0 Å². The molecule has 0 fully saturated rings. The minimum Gasteiger partial charge on any atom is -0.394 e. The van der Waals surface area contributed by atoms with E-state index < -0.39 is 11.7 Å². The summed E-state index contributed by atoms with van der Waals surface area (Å²) in [5.41, 5.74) is 5.47. The van der Waals surface area contributed by atoms with Crippen LogP contribution in [0.15, 0.2) is 36.0 Å². The molecule has 0 heterocycles. The van der Waals surface area contributed by atoms with Gasteiger partial charge in [-0.05, 0) is 26.3 Å². The summed E-state index contributed by atoms with van der Waals surface area (Å²) in [7, 11) is 0. The summed E-state index contributed by atoms with van der Waals surface area (Å²) in [5.74, 6) is 0. The number of allylic oxidation sites excluding steroid dienone is 4. The van der Waals surface area contributed by atoms with E-state index in [1.54, 1.807) is 19.1 Å². The summed E-state index contributed by atoms with van der Waals surface area (Å²) in [6.45, 7) is 8.17. The normalized spacial score (nSPS) is 16.4. The second-order valence-electron chi connectivity index (χ2n) is 4.00. The molecule has 1 unspecified atom stereocenters. The number of aliphatic hydroxyl groups is 1. The smallest absolute Gasteiger partial charge is 0.130 e. The van der Waals surface area contributed by atoms with Crippen molar-refractivity contribution in [3.05, 3.63) is 36.0 Å². The first kappa shape index (κ1) is 14.1. The molecule has 0 spiro atoms. The highest BCUT2D eigenvalue weighted by atomic mass is 19.1. The maximum Gasteiger partial charge on any atom is 0.130 e. The molecule has 0 radical (unpaired) electrons. The predicted octanol–water partition coefficient (Wildman–Crippen LogP) is 2.11. The second-order valence-corrected chi connectivity index (χ2v) is 4.00. The molecule has 3 N–H and O–H groups in total. The number of alkyl halides is 1. The molecule has 0 aliphatic rings. The number of rotatable bonds is 5. The fourth-order valence-electron chi connectivity index (χ4n) is 0.998. The molecule has 0 aliphatic carbocycles. The Morgan fingerprint density at radius 3 is 2.40 bits per heavy atom. The van der Waals surface area contributed by atoms with Crippen LogP contribution in [0.25, 0.3) is 0 Å². The van der Waals surface area contributed by atoms with Gasteiger partial charge in [-0.3, -0.25) is 0 Å². The highest BCUT2D eigenvalue weighted by molar-refractivity contribution is 5.31. The second kappa shape index (κ2) is 5.83. The van der Waals surface area contributed by atoms with Crippen molar-refractivity contribution in [3.8, 4) is 0 Å². The molecule has 0 rings (SSSR count). The van der Waals surface area contributed by atoms with Gasteiger partial charge in [0, 0.05) is 6.04 Å². The van der Waals surface area contributed by atoms with Gasteiger partial charge in [-0.25, -0.2) is 4.39 Å². The Balaban J connectivity index is 4.81. The molecule has 0 aromatic carbocycles. The molecule has 0 bridgehead atoms. The molecule has 0 amide bonds. The fraction of sp³-hybridized carbons (Fsp3) is 0.500. The minimum atomic E-state index is -1.41. The SMILES string of the molecule is C=C/C(=C\C=C(/C)C(N)CO)C(C)(C)F. The van der Waals surface area contributed by atoms with Gasteiger partial charge in [0.25, 0.3) is 0 Å². The number of hydrogen-bond acceptors (Lipinski definition) is 2. The molecule has 0 aromatic rings. The molecule has 0 aliphatic heterocycles. The number of hydrogen-bond donors (Lipinski definition) is 2. The van der Waals surface area contributed by atoms with Crippen LogP contribution in [0.3, 0.4) is 0 Å². The Kier molecular flexibility index (Phi) is 5.47. The molecule has 3 heteroatoms. The lowest BCUT2D eigenvalue weighted by Crippen LogP contribution is -2.25. The molecular weight excluding hydrogens is 193 g/mol. The van der Waals surface area contributed by atoms with E-state index in [1.807, 2.05) is 0 Å². The lowest BCUT2D eigenvalue weighted by molar-refractivity contribution is 0.274. The van der Waals surface area contributed by atoms with Gasteiger partial charge in [-0.2, -0.15) is 0 Å². The van der Waals surface area contributed by atoms with E-state index in [0.29, 0.717) is 5.57 Å². The molecule has 1 atom stereocenters. The topological polar surface area (TPSA) is 46.2 Å². The highest BCUT2D eigenvalue weighted by Gasteiger charge is 2.18. The van der Waals surface area contributed by atoms with Crippen molar-refractivity contribution in [2.75, 3.05) is 6.61 Å². The Hall–Kier alpha value is -0.930. The van der Waals surface area contributed by atoms with Crippen molar-refractivity contribution in [2.24, 2.45) is 5.73 Å². The van der Waals surface area contributed by atoms with Gasteiger partial charge >= 0.3 is 0 Å². The van der Waals surface area contributed by atoms with Gasteiger partial charge in [-0.1, -0.05) is 30.4 Å². The average molecular weight is 213 g/mol. The summed E-state index contributed by atoms with van der Waals surface area (Å²) in [6.07, 6.45) is 4.82. The zero-order chi connectivity index (χ0) is 12.1. The number of aliphatic hydroxyl groups excluding tert-OH is 1. The lowest BCUT2D eigenvalue weighted by atomic mass is 9.98. The van der Waals surface area contributed by atoms with Gasteiger partial charge < -0.3 is 10.8 Å². The lowest BCUT2D eigenvalue weighted by Gasteiger charge is -2.15. The van der Waals surface area contributed by atoms with Gasteiger partial charge in [-0.15, -0.1) is 0 Å². The van der Waals surface area contributed by atoms with Gasteiger partial charge in [0.15, 0.2) is 0 Å². The number of nitrogens with two attached hydrogens (primary N) is 1. The Morgan fingerprint density at radius 2 is 2.07 bits per heavy atom. The van der Waals surface area contributed by atoms with E-state index in [9.17, 15) is 4.39 Å². The van der Waals surface area contributed by atoms with Gasteiger partial charge in [0.1, 0.15) is 5.67 Å². The summed E-state index contributed by atoms with van der Waals surface area (Å²) in [6, 6.07) is -0.393. The van der Waals surface area contributed by atoms with Crippen LogP contribution < -0.4 is 5.73 Å². The fourth-order valence-corrected chi connectivity index (χ4v) is 0.998. The van der Waals surface area contributed by atoms with Crippen LogP contribution in [0.2, 0.25) is 0 Å². The maximum absolute atomic E-state index is 13.5.